The molecule has 1 heterocycles. The summed E-state index contributed by atoms with van der Waals surface area (Å²) in [5.41, 5.74) is 2.69. The molecular weight excluding hydrogens is 236 g/mol. The van der Waals surface area contributed by atoms with Crippen LogP contribution in [0.1, 0.15) is 36.2 Å². The minimum Gasteiger partial charge on any atom is -0.392 e. The van der Waals surface area contributed by atoms with Crippen LogP contribution in [0.25, 0.3) is 0 Å². The Bertz CT molecular complexity index is 561. The molecule has 0 fully saturated rings. The predicted octanol–water partition coefficient (Wildman–Crippen LogP) is 2.54. The highest BCUT2D eigenvalue weighted by atomic mass is 16.3. The van der Waals surface area contributed by atoms with Crippen LogP contribution < -0.4 is 0 Å². The molecule has 2 unspecified atom stereocenters. The fraction of sp³-hybridized carbons (Fsp3) is 0.438. The van der Waals surface area contributed by atoms with Crippen molar-refractivity contribution in [2.24, 2.45) is 0 Å². The molecule has 100 valence electrons. The Labute approximate surface area is 113 Å². The predicted molar refractivity (Wildman–Crippen MR) is 75.1 cm³/mol. The first-order valence-corrected chi connectivity index (χ1v) is 7.05. The molecule has 1 aromatic carbocycles. The molecule has 3 nitrogen and oxygen atoms in total. The molecule has 0 saturated heterocycles. The van der Waals surface area contributed by atoms with E-state index in [-0.39, 0.29) is 12.0 Å². The van der Waals surface area contributed by atoms with Crippen LogP contribution in [0.15, 0.2) is 36.7 Å². The Morgan fingerprint density at radius 2 is 2.26 bits per heavy atom. The minimum atomic E-state index is -0.326. The average molecular weight is 256 g/mol. The van der Waals surface area contributed by atoms with E-state index in [2.05, 4.69) is 40.7 Å². The first kappa shape index (κ1) is 12.4. The third-order valence-corrected chi connectivity index (χ3v) is 4.02. The van der Waals surface area contributed by atoms with Gasteiger partial charge in [-0.15, -0.1) is 0 Å². The highest BCUT2D eigenvalue weighted by Crippen LogP contribution is 2.38. The van der Waals surface area contributed by atoms with Gasteiger partial charge in [-0.1, -0.05) is 31.2 Å². The molecule has 19 heavy (non-hydrogen) atoms. The maximum atomic E-state index is 10.4. The third-order valence-electron chi connectivity index (χ3n) is 4.02. The zero-order valence-corrected chi connectivity index (χ0v) is 11.3. The van der Waals surface area contributed by atoms with Gasteiger partial charge in [-0.25, -0.2) is 4.98 Å². The molecule has 0 bridgehead atoms. The molecule has 1 aliphatic carbocycles. The Hall–Kier alpha value is -1.61. The van der Waals surface area contributed by atoms with E-state index in [0.29, 0.717) is 6.42 Å². The maximum Gasteiger partial charge on any atom is 0.111 e. The summed E-state index contributed by atoms with van der Waals surface area (Å²) in [6, 6.07) is 8.40. The molecule has 1 N–H and O–H groups in total. The van der Waals surface area contributed by atoms with Crippen LogP contribution in [0, 0.1) is 0 Å². The first-order valence-electron chi connectivity index (χ1n) is 7.05. The highest BCUT2D eigenvalue weighted by molar-refractivity contribution is 5.40. The summed E-state index contributed by atoms with van der Waals surface area (Å²) in [5, 5.41) is 10.4. The monoisotopic (exact) mass is 256 g/mol. The van der Waals surface area contributed by atoms with Gasteiger partial charge in [0.05, 0.1) is 6.10 Å². The molecule has 2 aromatic rings. The van der Waals surface area contributed by atoms with E-state index < -0.39 is 0 Å². The molecule has 3 rings (SSSR count). The number of aromatic nitrogens is 2. The quantitative estimate of drug-likeness (QED) is 0.892. The van der Waals surface area contributed by atoms with Crippen molar-refractivity contribution >= 4 is 0 Å². The van der Waals surface area contributed by atoms with Crippen molar-refractivity contribution in [1.82, 2.24) is 9.55 Å². The number of aliphatic hydroxyl groups excluding tert-OH is 1. The Kier molecular flexibility index (Phi) is 3.38. The Morgan fingerprint density at radius 3 is 3.05 bits per heavy atom. The van der Waals surface area contributed by atoms with Gasteiger partial charge < -0.3 is 9.67 Å². The van der Waals surface area contributed by atoms with E-state index in [9.17, 15) is 5.11 Å². The second-order valence-electron chi connectivity index (χ2n) is 5.32. The van der Waals surface area contributed by atoms with Gasteiger partial charge in [0.2, 0.25) is 0 Å². The molecule has 0 radical (unpaired) electrons. The molecule has 3 heteroatoms. The highest BCUT2D eigenvalue weighted by Gasteiger charge is 2.32. The van der Waals surface area contributed by atoms with Gasteiger partial charge in [0.25, 0.3) is 0 Å². The SMILES string of the molecule is CCCn1ccnc1CC(O)C1Cc2ccccc21. The normalized spacial score (nSPS) is 18.7. The number of hydrogen-bond donors (Lipinski definition) is 1. The van der Waals surface area contributed by atoms with Crippen LogP contribution in [-0.2, 0) is 19.4 Å². The van der Waals surface area contributed by atoms with Crippen molar-refractivity contribution in [3.63, 3.8) is 0 Å². The van der Waals surface area contributed by atoms with Gasteiger partial charge in [-0.2, -0.15) is 0 Å². The van der Waals surface area contributed by atoms with Crippen molar-refractivity contribution in [3.05, 3.63) is 53.6 Å². The van der Waals surface area contributed by atoms with Crippen molar-refractivity contribution in [3.8, 4) is 0 Å². The van der Waals surface area contributed by atoms with Crippen LogP contribution in [0.5, 0.6) is 0 Å². The fourth-order valence-corrected chi connectivity index (χ4v) is 2.94. The topological polar surface area (TPSA) is 38.0 Å². The van der Waals surface area contributed by atoms with Crippen LogP contribution in [-0.4, -0.2) is 20.8 Å². The summed E-state index contributed by atoms with van der Waals surface area (Å²) in [4.78, 5) is 4.37. The van der Waals surface area contributed by atoms with Crippen LogP contribution in [0.2, 0.25) is 0 Å². The molecule has 1 aliphatic rings. The smallest absolute Gasteiger partial charge is 0.111 e. The van der Waals surface area contributed by atoms with Gasteiger partial charge in [0.1, 0.15) is 5.82 Å². The van der Waals surface area contributed by atoms with E-state index in [1.807, 2.05) is 12.4 Å². The number of aliphatic hydroxyl groups is 1. The fourth-order valence-electron chi connectivity index (χ4n) is 2.94. The Morgan fingerprint density at radius 1 is 1.42 bits per heavy atom. The van der Waals surface area contributed by atoms with Gasteiger partial charge in [0, 0.05) is 31.3 Å². The lowest BCUT2D eigenvalue weighted by atomic mass is 9.74. The van der Waals surface area contributed by atoms with Gasteiger partial charge >= 0.3 is 0 Å². The second-order valence-corrected chi connectivity index (χ2v) is 5.32. The summed E-state index contributed by atoms with van der Waals surface area (Å²) in [5.74, 6) is 1.28. The summed E-state index contributed by atoms with van der Waals surface area (Å²) in [7, 11) is 0. The summed E-state index contributed by atoms with van der Waals surface area (Å²) >= 11 is 0. The molecule has 1 aromatic heterocycles. The standard InChI is InChI=1S/C16H20N2O/c1-2-8-18-9-7-17-16(18)11-15(19)14-10-12-5-3-4-6-13(12)14/h3-7,9,14-15,19H,2,8,10-11H2,1H3. The Balaban J connectivity index is 1.70. The van der Waals surface area contributed by atoms with Crippen molar-refractivity contribution < 1.29 is 5.11 Å². The molecular formula is C16H20N2O. The molecule has 0 saturated carbocycles. The zero-order valence-electron chi connectivity index (χ0n) is 11.3. The first-order chi connectivity index (χ1) is 9.29. The molecule has 0 amide bonds. The summed E-state index contributed by atoms with van der Waals surface area (Å²) in [6.45, 7) is 3.13. The maximum absolute atomic E-state index is 10.4. The largest absolute Gasteiger partial charge is 0.392 e. The number of benzene rings is 1. The number of rotatable bonds is 5. The number of imidazole rings is 1. The lowest BCUT2D eigenvalue weighted by Gasteiger charge is -2.33. The minimum absolute atomic E-state index is 0.281. The third kappa shape index (κ3) is 2.30. The van der Waals surface area contributed by atoms with Crippen molar-refractivity contribution in [2.75, 3.05) is 0 Å². The van der Waals surface area contributed by atoms with E-state index >= 15 is 0 Å². The second kappa shape index (κ2) is 5.17. The number of fused-ring (bicyclic) bond motifs is 1. The number of nitrogens with zero attached hydrogens (tertiary/aromatic N) is 2. The van der Waals surface area contributed by atoms with Gasteiger partial charge in [-0.3, -0.25) is 0 Å². The average Bonchev–Trinajstić information content (AvgIpc) is 2.79. The lowest BCUT2D eigenvalue weighted by molar-refractivity contribution is 0.130. The summed E-state index contributed by atoms with van der Waals surface area (Å²) < 4.78 is 2.15. The molecule has 0 spiro atoms. The van der Waals surface area contributed by atoms with Crippen molar-refractivity contribution in [2.45, 2.75) is 44.8 Å². The van der Waals surface area contributed by atoms with Crippen LogP contribution in [0.4, 0.5) is 0 Å². The van der Waals surface area contributed by atoms with Gasteiger partial charge in [0.15, 0.2) is 0 Å². The molecule has 2 atom stereocenters. The van der Waals surface area contributed by atoms with Crippen LogP contribution >= 0.6 is 0 Å². The van der Waals surface area contributed by atoms with E-state index in [0.717, 1.165) is 25.2 Å². The van der Waals surface area contributed by atoms with E-state index in [1.165, 1.54) is 11.1 Å². The van der Waals surface area contributed by atoms with Crippen LogP contribution in [0.3, 0.4) is 0 Å². The number of hydrogen-bond acceptors (Lipinski definition) is 2. The molecule has 0 aliphatic heterocycles. The van der Waals surface area contributed by atoms with E-state index in [1.54, 1.807) is 0 Å². The van der Waals surface area contributed by atoms with E-state index in [4.69, 9.17) is 0 Å². The number of aryl methyl sites for hydroxylation is 1. The zero-order chi connectivity index (χ0) is 13.2. The lowest BCUT2D eigenvalue weighted by Crippen LogP contribution is -2.31. The van der Waals surface area contributed by atoms with Crippen molar-refractivity contribution in [1.29, 1.82) is 0 Å². The van der Waals surface area contributed by atoms with Gasteiger partial charge in [-0.05, 0) is 24.0 Å². The summed E-state index contributed by atoms with van der Waals surface area (Å²) in [6.07, 6.45) is 6.23.